The Balaban J connectivity index is 2.12. The van der Waals surface area contributed by atoms with E-state index < -0.39 is 15.4 Å². The van der Waals surface area contributed by atoms with Crippen LogP contribution in [0.3, 0.4) is 0 Å². The highest BCUT2D eigenvalue weighted by atomic mass is 32.2. The zero-order chi connectivity index (χ0) is 18.7. The predicted molar refractivity (Wildman–Crippen MR) is 105 cm³/mol. The van der Waals surface area contributed by atoms with Crippen LogP contribution in [0.15, 0.2) is 72.8 Å². The van der Waals surface area contributed by atoms with Crippen LogP contribution >= 0.6 is 0 Å². The summed E-state index contributed by atoms with van der Waals surface area (Å²) in [6.45, 7) is 5.65. The standard InChI is InChI=1S/C22H22O3S/c1-16-9-7-14-20(15-16)22(19-12-5-4-6-13-19)26(23,24)25-21-17(2)10-8-11-18(21)3/h4-15,22H,1-3H3/t22-/m1/s1. The summed E-state index contributed by atoms with van der Waals surface area (Å²) < 4.78 is 32.2. The van der Waals surface area contributed by atoms with E-state index in [1.165, 1.54) is 0 Å². The number of aryl methyl sites for hydroxylation is 3. The van der Waals surface area contributed by atoms with Crippen molar-refractivity contribution in [3.05, 3.63) is 101 Å². The average Bonchev–Trinajstić information content (AvgIpc) is 2.59. The van der Waals surface area contributed by atoms with Crippen molar-refractivity contribution >= 4 is 10.1 Å². The van der Waals surface area contributed by atoms with Crippen molar-refractivity contribution in [1.29, 1.82) is 0 Å². The molecule has 26 heavy (non-hydrogen) atoms. The number of rotatable bonds is 5. The zero-order valence-electron chi connectivity index (χ0n) is 15.1. The Labute approximate surface area is 155 Å². The monoisotopic (exact) mass is 366 g/mol. The SMILES string of the molecule is Cc1cccc([C@@H](c2ccccc2)S(=O)(=O)Oc2c(C)cccc2C)c1. The van der Waals surface area contributed by atoms with E-state index in [2.05, 4.69) is 0 Å². The van der Waals surface area contributed by atoms with Crippen LogP contribution in [-0.2, 0) is 10.1 Å². The van der Waals surface area contributed by atoms with Gasteiger partial charge in [0.15, 0.2) is 0 Å². The smallest absolute Gasteiger partial charge is 0.320 e. The lowest BCUT2D eigenvalue weighted by Crippen LogP contribution is -2.21. The molecule has 0 saturated heterocycles. The number of hydrogen-bond acceptors (Lipinski definition) is 3. The van der Waals surface area contributed by atoms with Crippen LogP contribution in [0.4, 0.5) is 0 Å². The van der Waals surface area contributed by atoms with Gasteiger partial charge in [0.2, 0.25) is 0 Å². The molecule has 0 aliphatic carbocycles. The Bertz CT molecular complexity index is 988. The molecule has 0 aliphatic heterocycles. The van der Waals surface area contributed by atoms with E-state index >= 15 is 0 Å². The van der Waals surface area contributed by atoms with Crippen molar-refractivity contribution < 1.29 is 12.6 Å². The fraction of sp³-hybridized carbons (Fsp3) is 0.182. The number of benzene rings is 3. The Hall–Kier alpha value is -2.59. The topological polar surface area (TPSA) is 43.4 Å². The first-order valence-corrected chi connectivity index (χ1v) is 9.96. The molecule has 0 aliphatic rings. The first-order chi connectivity index (χ1) is 12.4. The van der Waals surface area contributed by atoms with Gasteiger partial charge in [-0.25, -0.2) is 0 Å². The fourth-order valence-corrected chi connectivity index (χ4v) is 4.64. The van der Waals surface area contributed by atoms with Gasteiger partial charge in [-0.2, -0.15) is 8.42 Å². The van der Waals surface area contributed by atoms with E-state index in [0.29, 0.717) is 16.9 Å². The Kier molecular flexibility index (Phi) is 5.14. The molecule has 0 bridgehead atoms. The summed E-state index contributed by atoms with van der Waals surface area (Å²) in [6.07, 6.45) is 0. The van der Waals surface area contributed by atoms with Crippen LogP contribution in [0, 0.1) is 20.8 Å². The summed E-state index contributed by atoms with van der Waals surface area (Å²) in [5, 5.41) is -0.886. The molecule has 3 aromatic carbocycles. The van der Waals surface area contributed by atoms with Gasteiger partial charge >= 0.3 is 10.1 Å². The molecule has 0 fully saturated rings. The van der Waals surface area contributed by atoms with Crippen LogP contribution in [0.1, 0.15) is 33.1 Å². The Morgan fingerprint density at radius 3 is 1.92 bits per heavy atom. The maximum absolute atomic E-state index is 13.3. The normalized spacial score (nSPS) is 12.6. The summed E-state index contributed by atoms with van der Waals surface area (Å²) in [5.41, 5.74) is 3.98. The molecule has 0 N–H and O–H groups in total. The zero-order valence-corrected chi connectivity index (χ0v) is 16.0. The lowest BCUT2D eigenvalue weighted by atomic mass is 10.0. The lowest BCUT2D eigenvalue weighted by Gasteiger charge is -2.20. The number of para-hydroxylation sites is 1. The highest BCUT2D eigenvalue weighted by molar-refractivity contribution is 7.87. The van der Waals surface area contributed by atoms with Crippen LogP contribution in [0.2, 0.25) is 0 Å². The first-order valence-electron chi connectivity index (χ1n) is 8.49. The largest absolute Gasteiger partial charge is 0.381 e. The third-order valence-electron chi connectivity index (χ3n) is 4.34. The van der Waals surface area contributed by atoms with E-state index in [0.717, 1.165) is 16.7 Å². The maximum Gasteiger partial charge on any atom is 0.320 e. The summed E-state index contributed by atoms with van der Waals surface area (Å²) in [4.78, 5) is 0. The van der Waals surface area contributed by atoms with Crippen LogP contribution in [0.5, 0.6) is 5.75 Å². The van der Waals surface area contributed by atoms with Crippen LogP contribution in [0.25, 0.3) is 0 Å². The van der Waals surface area contributed by atoms with Gasteiger partial charge in [0.1, 0.15) is 11.0 Å². The molecule has 3 aromatic rings. The minimum atomic E-state index is -3.94. The molecule has 134 valence electrons. The highest BCUT2D eigenvalue weighted by Gasteiger charge is 2.32. The quantitative estimate of drug-likeness (QED) is 0.589. The van der Waals surface area contributed by atoms with E-state index in [1.807, 2.05) is 93.6 Å². The van der Waals surface area contributed by atoms with Gasteiger partial charge in [0.05, 0.1) is 0 Å². The lowest BCUT2D eigenvalue weighted by molar-refractivity contribution is 0.475. The van der Waals surface area contributed by atoms with Crippen molar-refractivity contribution in [2.45, 2.75) is 26.0 Å². The summed E-state index contributed by atoms with van der Waals surface area (Å²) in [5.74, 6) is 0.404. The fourth-order valence-electron chi connectivity index (χ4n) is 3.08. The van der Waals surface area contributed by atoms with Crippen molar-refractivity contribution in [3.8, 4) is 5.75 Å². The Morgan fingerprint density at radius 1 is 0.731 bits per heavy atom. The first kappa shape index (κ1) is 18.2. The van der Waals surface area contributed by atoms with Gasteiger partial charge in [0, 0.05) is 0 Å². The second kappa shape index (κ2) is 7.34. The molecule has 3 rings (SSSR count). The van der Waals surface area contributed by atoms with E-state index in [9.17, 15) is 8.42 Å². The van der Waals surface area contributed by atoms with Gasteiger partial charge < -0.3 is 4.18 Å². The highest BCUT2D eigenvalue weighted by Crippen LogP contribution is 2.34. The number of hydrogen-bond donors (Lipinski definition) is 0. The van der Waals surface area contributed by atoms with Gasteiger partial charge in [-0.15, -0.1) is 0 Å². The maximum atomic E-state index is 13.3. The van der Waals surface area contributed by atoms with Crippen LogP contribution in [-0.4, -0.2) is 8.42 Å². The molecule has 0 aromatic heterocycles. The molecule has 0 saturated carbocycles. The van der Waals surface area contributed by atoms with Crippen molar-refractivity contribution in [1.82, 2.24) is 0 Å². The molecule has 0 heterocycles. The minimum absolute atomic E-state index is 0.404. The van der Waals surface area contributed by atoms with Crippen molar-refractivity contribution in [3.63, 3.8) is 0 Å². The second-order valence-corrected chi connectivity index (χ2v) is 8.13. The Morgan fingerprint density at radius 2 is 1.31 bits per heavy atom. The summed E-state index contributed by atoms with van der Waals surface area (Å²) >= 11 is 0. The minimum Gasteiger partial charge on any atom is -0.381 e. The molecule has 0 amide bonds. The third kappa shape index (κ3) is 3.81. The molecular formula is C22H22O3S. The molecule has 4 heteroatoms. The second-order valence-electron chi connectivity index (χ2n) is 6.50. The van der Waals surface area contributed by atoms with Gasteiger partial charge in [-0.1, -0.05) is 78.4 Å². The van der Waals surface area contributed by atoms with Crippen molar-refractivity contribution in [2.75, 3.05) is 0 Å². The molecular weight excluding hydrogens is 344 g/mol. The predicted octanol–water partition coefficient (Wildman–Crippen LogP) is 5.11. The molecule has 0 radical (unpaired) electrons. The average molecular weight is 366 g/mol. The van der Waals surface area contributed by atoms with Gasteiger partial charge in [-0.3, -0.25) is 0 Å². The van der Waals surface area contributed by atoms with Crippen molar-refractivity contribution in [2.24, 2.45) is 0 Å². The molecule has 1 atom stereocenters. The van der Waals surface area contributed by atoms with Gasteiger partial charge in [0.25, 0.3) is 0 Å². The van der Waals surface area contributed by atoms with E-state index in [4.69, 9.17) is 4.18 Å². The van der Waals surface area contributed by atoms with Gasteiger partial charge in [-0.05, 0) is 43.0 Å². The molecule has 3 nitrogen and oxygen atoms in total. The molecule has 0 spiro atoms. The summed E-state index contributed by atoms with van der Waals surface area (Å²) in [6, 6.07) is 22.3. The molecule has 0 unspecified atom stereocenters. The van der Waals surface area contributed by atoms with E-state index in [1.54, 1.807) is 0 Å². The van der Waals surface area contributed by atoms with E-state index in [-0.39, 0.29) is 0 Å². The summed E-state index contributed by atoms with van der Waals surface area (Å²) in [7, 11) is -3.94. The van der Waals surface area contributed by atoms with Crippen LogP contribution < -0.4 is 4.18 Å². The third-order valence-corrected chi connectivity index (χ3v) is 5.86.